The van der Waals surface area contributed by atoms with Gasteiger partial charge in [0.15, 0.2) is 0 Å². The van der Waals surface area contributed by atoms with Crippen LogP contribution in [0.3, 0.4) is 0 Å². The Balaban J connectivity index is 2.97. The molecule has 0 radical (unpaired) electrons. The number of Topliss-reactive ketones (excluding diaryl/α,β-unsaturated/α-hetero) is 1. The standard InChI is InChI=1S/C10H16O3/c1-6(11)9-7(12)4-10(2,3)5-8(9)13/h4,8-9,12-13H,5H2,1-3H3. The molecule has 0 amide bonds. The molecule has 0 fully saturated rings. The van der Waals surface area contributed by atoms with Crippen LogP contribution in [0.25, 0.3) is 0 Å². The lowest BCUT2D eigenvalue weighted by molar-refractivity contribution is -0.124. The van der Waals surface area contributed by atoms with Crippen LogP contribution in [0.4, 0.5) is 0 Å². The molecule has 0 heterocycles. The van der Waals surface area contributed by atoms with Gasteiger partial charge in [-0.3, -0.25) is 4.79 Å². The van der Waals surface area contributed by atoms with Gasteiger partial charge in [0.25, 0.3) is 0 Å². The molecule has 0 aromatic heterocycles. The Morgan fingerprint density at radius 3 is 2.54 bits per heavy atom. The molecule has 74 valence electrons. The average Bonchev–Trinajstić information content (AvgIpc) is 1.78. The lowest BCUT2D eigenvalue weighted by Crippen LogP contribution is -2.36. The Hall–Kier alpha value is -0.830. The fourth-order valence-electron chi connectivity index (χ4n) is 1.88. The second kappa shape index (κ2) is 3.14. The highest BCUT2D eigenvalue weighted by atomic mass is 16.3. The van der Waals surface area contributed by atoms with Crippen LogP contribution in [-0.2, 0) is 4.79 Å². The Bertz CT molecular complexity index is 253. The smallest absolute Gasteiger partial charge is 0.143 e. The molecular formula is C10H16O3. The highest BCUT2D eigenvalue weighted by molar-refractivity contribution is 5.81. The summed E-state index contributed by atoms with van der Waals surface area (Å²) in [6.45, 7) is 5.22. The Morgan fingerprint density at radius 2 is 2.15 bits per heavy atom. The van der Waals surface area contributed by atoms with Crippen LogP contribution in [0.5, 0.6) is 0 Å². The van der Waals surface area contributed by atoms with E-state index in [1.807, 2.05) is 13.8 Å². The predicted molar refractivity (Wildman–Crippen MR) is 49.3 cm³/mol. The largest absolute Gasteiger partial charge is 0.512 e. The van der Waals surface area contributed by atoms with Crippen LogP contribution in [0.1, 0.15) is 27.2 Å². The van der Waals surface area contributed by atoms with Crippen molar-refractivity contribution < 1.29 is 15.0 Å². The molecule has 0 bridgehead atoms. The molecule has 1 aliphatic rings. The van der Waals surface area contributed by atoms with Crippen molar-refractivity contribution >= 4 is 5.78 Å². The lowest BCUT2D eigenvalue weighted by atomic mass is 9.75. The summed E-state index contributed by atoms with van der Waals surface area (Å²) < 4.78 is 0. The molecule has 2 N–H and O–H groups in total. The molecule has 0 aromatic carbocycles. The number of rotatable bonds is 1. The summed E-state index contributed by atoms with van der Waals surface area (Å²) in [4.78, 5) is 11.1. The van der Waals surface area contributed by atoms with Crippen LogP contribution >= 0.6 is 0 Å². The highest BCUT2D eigenvalue weighted by Gasteiger charge is 2.37. The van der Waals surface area contributed by atoms with Gasteiger partial charge in [0.2, 0.25) is 0 Å². The van der Waals surface area contributed by atoms with Crippen LogP contribution in [-0.4, -0.2) is 22.1 Å². The summed E-state index contributed by atoms with van der Waals surface area (Å²) in [5.41, 5.74) is -0.227. The molecular weight excluding hydrogens is 168 g/mol. The minimum atomic E-state index is -0.752. The van der Waals surface area contributed by atoms with E-state index >= 15 is 0 Å². The first kappa shape index (κ1) is 10.3. The maximum atomic E-state index is 11.1. The fraction of sp³-hybridized carbons (Fsp3) is 0.700. The molecule has 0 saturated carbocycles. The lowest BCUT2D eigenvalue weighted by Gasteiger charge is -2.33. The maximum Gasteiger partial charge on any atom is 0.143 e. The number of aliphatic hydroxyl groups is 2. The zero-order chi connectivity index (χ0) is 10.2. The van der Waals surface area contributed by atoms with Gasteiger partial charge >= 0.3 is 0 Å². The third-order valence-electron chi connectivity index (χ3n) is 2.42. The van der Waals surface area contributed by atoms with Crippen LogP contribution in [0.2, 0.25) is 0 Å². The summed E-state index contributed by atoms with van der Waals surface area (Å²) in [6, 6.07) is 0. The van der Waals surface area contributed by atoms with Gasteiger partial charge < -0.3 is 10.2 Å². The van der Waals surface area contributed by atoms with E-state index in [9.17, 15) is 15.0 Å². The summed E-state index contributed by atoms with van der Waals surface area (Å²) in [5.74, 6) is -0.888. The number of hydrogen-bond acceptors (Lipinski definition) is 3. The van der Waals surface area contributed by atoms with E-state index in [-0.39, 0.29) is 17.0 Å². The van der Waals surface area contributed by atoms with Gasteiger partial charge in [0.05, 0.1) is 6.10 Å². The van der Waals surface area contributed by atoms with Crippen molar-refractivity contribution in [2.75, 3.05) is 0 Å². The minimum absolute atomic E-state index is 0.0104. The topological polar surface area (TPSA) is 57.5 Å². The zero-order valence-corrected chi connectivity index (χ0v) is 8.24. The predicted octanol–water partition coefficient (Wildman–Crippen LogP) is 1.42. The molecule has 13 heavy (non-hydrogen) atoms. The van der Waals surface area contributed by atoms with Gasteiger partial charge in [-0.2, -0.15) is 0 Å². The maximum absolute atomic E-state index is 11.1. The van der Waals surface area contributed by atoms with E-state index in [0.29, 0.717) is 6.42 Å². The Kier molecular flexibility index (Phi) is 2.48. The molecule has 1 rings (SSSR count). The molecule has 3 nitrogen and oxygen atoms in total. The summed E-state index contributed by atoms with van der Waals surface area (Å²) in [6.07, 6.45) is 1.42. The molecule has 0 saturated heterocycles. The van der Waals surface area contributed by atoms with Crippen molar-refractivity contribution in [1.82, 2.24) is 0 Å². The van der Waals surface area contributed by atoms with Crippen LogP contribution < -0.4 is 0 Å². The highest BCUT2D eigenvalue weighted by Crippen LogP contribution is 2.36. The van der Waals surface area contributed by atoms with Gasteiger partial charge in [0, 0.05) is 0 Å². The van der Waals surface area contributed by atoms with E-state index in [1.54, 1.807) is 6.08 Å². The SMILES string of the molecule is CC(=O)C1C(O)=CC(C)(C)CC1O. The Labute approximate surface area is 78.1 Å². The van der Waals surface area contributed by atoms with E-state index in [2.05, 4.69) is 0 Å². The van der Waals surface area contributed by atoms with Gasteiger partial charge in [-0.05, 0) is 24.8 Å². The van der Waals surface area contributed by atoms with Crippen LogP contribution in [0, 0.1) is 11.3 Å². The molecule has 0 spiro atoms. The van der Waals surface area contributed by atoms with Gasteiger partial charge in [-0.15, -0.1) is 0 Å². The van der Waals surface area contributed by atoms with Crippen molar-refractivity contribution in [2.24, 2.45) is 11.3 Å². The number of carbonyl (C=O) groups excluding carboxylic acids is 1. The minimum Gasteiger partial charge on any atom is -0.512 e. The number of hydrogen-bond donors (Lipinski definition) is 2. The summed E-state index contributed by atoms with van der Waals surface area (Å²) >= 11 is 0. The first-order chi connectivity index (χ1) is 5.83. The number of aliphatic hydroxyl groups excluding tert-OH is 2. The van der Waals surface area contributed by atoms with E-state index in [4.69, 9.17) is 0 Å². The molecule has 3 heteroatoms. The zero-order valence-electron chi connectivity index (χ0n) is 8.24. The first-order valence-corrected chi connectivity index (χ1v) is 4.44. The quantitative estimate of drug-likeness (QED) is 0.648. The third-order valence-corrected chi connectivity index (χ3v) is 2.42. The van der Waals surface area contributed by atoms with Crippen molar-refractivity contribution in [2.45, 2.75) is 33.3 Å². The molecule has 1 aliphatic carbocycles. The monoisotopic (exact) mass is 184 g/mol. The third kappa shape index (κ3) is 2.10. The van der Waals surface area contributed by atoms with E-state index < -0.39 is 12.0 Å². The average molecular weight is 184 g/mol. The number of carbonyl (C=O) groups is 1. The fourth-order valence-corrected chi connectivity index (χ4v) is 1.88. The van der Waals surface area contributed by atoms with E-state index in [1.165, 1.54) is 6.92 Å². The van der Waals surface area contributed by atoms with Gasteiger partial charge in [-0.25, -0.2) is 0 Å². The van der Waals surface area contributed by atoms with Crippen molar-refractivity contribution in [3.8, 4) is 0 Å². The Morgan fingerprint density at radius 1 is 1.62 bits per heavy atom. The molecule has 0 aromatic rings. The van der Waals surface area contributed by atoms with Gasteiger partial charge in [-0.1, -0.05) is 13.8 Å². The van der Waals surface area contributed by atoms with Gasteiger partial charge in [0.1, 0.15) is 17.5 Å². The van der Waals surface area contributed by atoms with Crippen molar-refractivity contribution in [1.29, 1.82) is 0 Å². The van der Waals surface area contributed by atoms with Crippen molar-refractivity contribution in [3.63, 3.8) is 0 Å². The molecule has 0 aliphatic heterocycles. The number of allylic oxidation sites excluding steroid dienone is 1. The molecule has 2 atom stereocenters. The summed E-state index contributed by atoms with van der Waals surface area (Å²) in [7, 11) is 0. The molecule has 2 unspecified atom stereocenters. The number of ketones is 1. The second-order valence-electron chi connectivity index (χ2n) is 4.42. The second-order valence-corrected chi connectivity index (χ2v) is 4.42. The van der Waals surface area contributed by atoms with Crippen LogP contribution in [0.15, 0.2) is 11.8 Å². The normalized spacial score (nSPS) is 32.5. The summed E-state index contributed by atoms with van der Waals surface area (Å²) in [5, 5.41) is 19.1. The van der Waals surface area contributed by atoms with Crippen molar-refractivity contribution in [3.05, 3.63) is 11.8 Å². The van der Waals surface area contributed by atoms with E-state index in [0.717, 1.165) is 0 Å². The first-order valence-electron chi connectivity index (χ1n) is 4.44.